The number of hydrogen-bond acceptors (Lipinski definition) is 3. The maximum atomic E-state index is 12.0. The van der Waals surface area contributed by atoms with Crippen LogP contribution in [0.15, 0.2) is 30.3 Å². The number of rotatable bonds is 5. The molecule has 0 amide bonds. The first-order valence-corrected chi connectivity index (χ1v) is 6.36. The van der Waals surface area contributed by atoms with Gasteiger partial charge in [-0.1, -0.05) is 51.1 Å². The Balaban J connectivity index is 2.54. The van der Waals surface area contributed by atoms with Gasteiger partial charge in [0.25, 0.3) is 0 Å². The second-order valence-corrected chi connectivity index (χ2v) is 5.68. The summed E-state index contributed by atoms with van der Waals surface area (Å²) in [5.74, 6) is -0.584. The van der Waals surface area contributed by atoms with Crippen LogP contribution in [0.1, 0.15) is 38.7 Å². The van der Waals surface area contributed by atoms with Gasteiger partial charge in [0.1, 0.15) is 0 Å². The first-order chi connectivity index (χ1) is 8.44. The molecular weight excluding hydrogens is 226 g/mol. The van der Waals surface area contributed by atoms with Crippen molar-refractivity contribution in [3.63, 3.8) is 0 Å². The SMILES string of the molecule is CC(C)(C)CCOC(=O)C(CN)c1ccccc1. The van der Waals surface area contributed by atoms with Gasteiger partial charge < -0.3 is 10.5 Å². The number of carbonyl (C=O) groups is 1. The van der Waals surface area contributed by atoms with Crippen LogP contribution in [0.3, 0.4) is 0 Å². The van der Waals surface area contributed by atoms with E-state index in [9.17, 15) is 4.79 Å². The molecule has 3 heteroatoms. The van der Waals surface area contributed by atoms with Crippen LogP contribution in [0.4, 0.5) is 0 Å². The molecule has 1 atom stereocenters. The predicted octanol–water partition coefficient (Wildman–Crippen LogP) is 2.71. The van der Waals surface area contributed by atoms with Crippen molar-refractivity contribution in [3.05, 3.63) is 35.9 Å². The largest absolute Gasteiger partial charge is 0.465 e. The minimum atomic E-state index is -0.355. The number of esters is 1. The molecule has 1 aromatic rings. The highest BCUT2D eigenvalue weighted by atomic mass is 16.5. The summed E-state index contributed by atoms with van der Waals surface area (Å²) < 4.78 is 5.31. The second kappa shape index (κ2) is 6.55. The Hall–Kier alpha value is -1.35. The molecule has 2 N–H and O–H groups in total. The van der Waals surface area contributed by atoms with Crippen molar-refractivity contribution in [1.29, 1.82) is 0 Å². The fraction of sp³-hybridized carbons (Fsp3) is 0.533. The van der Waals surface area contributed by atoms with Crippen molar-refractivity contribution in [3.8, 4) is 0 Å². The molecule has 0 aromatic heterocycles. The van der Waals surface area contributed by atoms with Crippen LogP contribution in [0.25, 0.3) is 0 Å². The van der Waals surface area contributed by atoms with E-state index in [1.807, 2.05) is 30.3 Å². The normalized spacial score (nSPS) is 13.1. The molecule has 18 heavy (non-hydrogen) atoms. The third-order valence-electron chi connectivity index (χ3n) is 2.82. The third-order valence-corrected chi connectivity index (χ3v) is 2.82. The Kier molecular flexibility index (Phi) is 5.35. The van der Waals surface area contributed by atoms with Crippen molar-refractivity contribution in [2.75, 3.05) is 13.2 Å². The summed E-state index contributed by atoms with van der Waals surface area (Å²) in [4.78, 5) is 12.0. The van der Waals surface area contributed by atoms with Gasteiger partial charge in [0, 0.05) is 6.54 Å². The first kappa shape index (κ1) is 14.7. The molecular formula is C15H23NO2. The molecule has 0 heterocycles. The van der Waals surface area contributed by atoms with Crippen molar-refractivity contribution in [2.45, 2.75) is 33.1 Å². The highest BCUT2D eigenvalue weighted by Crippen LogP contribution is 2.20. The quantitative estimate of drug-likeness (QED) is 0.816. The molecule has 0 aliphatic rings. The average Bonchev–Trinajstić information content (AvgIpc) is 2.29. The fourth-order valence-corrected chi connectivity index (χ4v) is 1.61. The highest BCUT2D eigenvalue weighted by Gasteiger charge is 2.21. The van der Waals surface area contributed by atoms with Crippen LogP contribution in [-0.2, 0) is 9.53 Å². The number of ether oxygens (including phenoxy) is 1. The lowest BCUT2D eigenvalue weighted by Crippen LogP contribution is -2.25. The van der Waals surface area contributed by atoms with Gasteiger partial charge >= 0.3 is 5.97 Å². The highest BCUT2D eigenvalue weighted by molar-refractivity contribution is 5.78. The summed E-state index contributed by atoms with van der Waals surface area (Å²) in [6.45, 7) is 7.10. The molecule has 0 radical (unpaired) electrons. The van der Waals surface area contributed by atoms with Crippen LogP contribution in [-0.4, -0.2) is 19.1 Å². The first-order valence-electron chi connectivity index (χ1n) is 6.36. The molecule has 0 spiro atoms. The molecule has 100 valence electrons. The lowest BCUT2D eigenvalue weighted by atomic mass is 9.93. The van der Waals surface area contributed by atoms with E-state index < -0.39 is 0 Å². The maximum Gasteiger partial charge on any atom is 0.314 e. The van der Waals surface area contributed by atoms with Crippen LogP contribution < -0.4 is 5.73 Å². The number of nitrogens with two attached hydrogens (primary N) is 1. The van der Waals surface area contributed by atoms with Crippen molar-refractivity contribution < 1.29 is 9.53 Å². The summed E-state index contributed by atoms with van der Waals surface area (Å²) in [5, 5.41) is 0. The van der Waals surface area contributed by atoms with Crippen molar-refractivity contribution in [1.82, 2.24) is 0 Å². The van der Waals surface area contributed by atoms with Crippen LogP contribution in [0, 0.1) is 5.41 Å². The number of carbonyl (C=O) groups excluding carboxylic acids is 1. The van der Waals surface area contributed by atoms with E-state index in [0.717, 1.165) is 12.0 Å². The minimum Gasteiger partial charge on any atom is -0.465 e. The monoisotopic (exact) mass is 249 g/mol. The molecule has 0 saturated heterocycles. The zero-order valence-corrected chi connectivity index (χ0v) is 11.5. The van der Waals surface area contributed by atoms with Crippen LogP contribution in [0.5, 0.6) is 0 Å². The third kappa shape index (κ3) is 4.88. The summed E-state index contributed by atoms with van der Waals surface area (Å²) >= 11 is 0. The lowest BCUT2D eigenvalue weighted by molar-refractivity contribution is -0.145. The van der Waals surface area contributed by atoms with Gasteiger partial charge in [0.2, 0.25) is 0 Å². The van der Waals surface area contributed by atoms with Gasteiger partial charge in [0.05, 0.1) is 12.5 Å². The van der Waals surface area contributed by atoms with Crippen LogP contribution >= 0.6 is 0 Å². The smallest absolute Gasteiger partial charge is 0.314 e. The molecule has 0 bridgehead atoms. The van der Waals surface area contributed by atoms with Gasteiger partial charge in [-0.3, -0.25) is 4.79 Å². The van der Waals surface area contributed by atoms with Gasteiger partial charge in [-0.15, -0.1) is 0 Å². The van der Waals surface area contributed by atoms with Crippen LogP contribution in [0.2, 0.25) is 0 Å². The van der Waals surface area contributed by atoms with E-state index in [-0.39, 0.29) is 23.8 Å². The molecule has 0 aliphatic heterocycles. The minimum absolute atomic E-state index is 0.172. The summed E-state index contributed by atoms with van der Waals surface area (Å²) in [6.07, 6.45) is 0.852. The van der Waals surface area contributed by atoms with Crippen molar-refractivity contribution >= 4 is 5.97 Å². The number of benzene rings is 1. The molecule has 0 saturated carbocycles. The van der Waals surface area contributed by atoms with E-state index >= 15 is 0 Å². The van der Waals surface area contributed by atoms with Gasteiger partial charge in [-0.05, 0) is 17.4 Å². The Bertz CT molecular complexity index is 368. The second-order valence-electron chi connectivity index (χ2n) is 5.68. The van der Waals surface area contributed by atoms with E-state index in [4.69, 9.17) is 10.5 Å². The Morgan fingerprint density at radius 1 is 1.28 bits per heavy atom. The van der Waals surface area contributed by atoms with Crippen molar-refractivity contribution in [2.24, 2.45) is 11.1 Å². The number of hydrogen-bond donors (Lipinski definition) is 1. The van der Waals surface area contributed by atoms with Gasteiger partial charge in [-0.25, -0.2) is 0 Å². The molecule has 1 unspecified atom stereocenters. The maximum absolute atomic E-state index is 12.0. The topological polar surface area (TPSA) is 52.3 Å². The summed E-state index contributed by atoms with van der Waals surface area (Å²) in [6, 6.07) is 9.54. The molecule has 1 rings (SSSR count). The Labute approximate surface area is 109 Å². The summed E-state index contributed by atoms with van der Waals surface area (Å²) in [5.41, 5.74) is 6.75. The molecule has 1 aromatic carbocycles. The Morgan fingerprint density at radius 2 is 1.89 bits per heavy atom. The lowest BCUT2D eigenvalue weighted by Gasteiger charge is -2.19. The molecule has 0 fully saturated rings. The fourth-order valence-electron chi connectivity index (χ4n) is 1.61. The van der Waals surface area contributed by atoms with E-state index in [1.165, 1.54) is 0 Å². The molecule has 0 aliphatic carbocycles. The summed E-state index contributed by atoms with van der Waals surface area (Å²) in [7, 11) is 0. The van der Waals surface area contributed by atoms with E-state index in [1.54, 1.807) is 0 Å². The Morgan fingerprint density at radius 3 is 2.39 bits per heavy atom. The molecule has 3 nitrogen and oxygen atoms in total. The predicted molar refractivity (Wildman–Crippen MR) is 73.3 cm³/mol. The average molecular weight is 249 g/mol. The van der Waals surface area contributed by atoms with E-state index in [0.29, 0.717) is 6.61 Å². The zero-order chi connectivity index (χ0) is 13.6. The standard InChI is InChI=1S/C15H23NO2/c1-15(2,3)9-10-18-14(17)13(11-16)12-7-5-4-6-8-12/h4-8,13H,9-11,16H2,1-3H3. The van der Waals surface area contributed by atoms with E-state index in [2.05, 4.69) is 20.8 Å². The van der Waals surface area contributed by atoms with Gasteiger partial charge in [-0.2, -0.15) is 0 Å². The zero-order valence-electron chi connectivity index (χ0n) is 11.5. The van der Waals surface area contributed by atoms with Gasteiger partial charge in [0.15, 0.2) is 0 Å².